The van der Waals surface area contributed by atoms with Crippen molar-refractivity contribution in [1.82, 2.24) is 29.6 Å². The number of alkyl halides is 3. The molecule has 2 aromatic heterocycles. The molecule has 0 bridgehead atoms. The Labute approximate surface area is 214 Å². The third-order valence-corrected chi connectivity index (χ3v) is 8.36. The molecule has 3 aliphatic heterocycles. The summed E-state index contributed by atoms with van der Waals surface area (Å²) in [4.78, 5) is 14.0. The first-order chi connectivity index (χ1) is 17.6. The van der Waals surface area contributed by atoms with E-state index in [1.54, 1.807) is 19.1 Å². The van der Waals surface area contributed by atoms with Crippen molar-refractivity contribution in [2.75, 3.05) is 36.0 Å². The fraction of sp³-hybridized carbons (Fsp3) is 0.500. The first kappa shape index (κ1) is 23.2. The molecule has 1 saturated carbocycles. The highest BCUT2D eigenvalue weighted by molar-refractivity contribution is 6.30. The number of aromatic nitrogens is 5. The van der Waals surface area contributed by atoms with Gasteiger partial charge in [0.25, 0.3) is 0 Å². The average Bonchev–Trinajstić information content (AvgIpc) is 3.54. The molecular weight excluding hydrogens is 512 g/mol. The molecule has 0 amide bonds. The summed E-state index contributed by atoms with van der Waals surface area (Å²) in [5.74, 6) is 1.20. The zero-order valence-corrected chi connectivity index (χ0v) is 20.7. The van der Waals surface area contributed by atoms with E-state index in [2.05, 4.69) is 25.1 Å². The van der Waals surface area contributed by atoms with Gasteiger partial charge >= 0.3 is 6.18 Å². The Balaban J connectivity index is 1.15. The molecule has 7 rings (SSSR count). The van der Waals surface area contributed by atoms with Crippen LogP contribution in [0.15, 0.2) is 24.4 Å². The average molecular weight is 535 g/mol. The van der Waals surface area contributed by atoms with E-state index in [9.17, 15) is 17.6 Å². The second-order valence-corrected chi connectivity index (χ2v) is 11.2. The smallest absolute Gasteiger partial charge is 0.339 e. The largest absolute Gasteiger partial charge is 0.406 e. The lowest BCUT2D eigenvalue weighted by Gasteiger charge is -2.60. The van der Waals surface area contributed by atoms with E-state index in [-0.39, 0.29) is 31.3 Å². The van der Waals surface area contributed by atoms with Gasteiger partial charge in [0, 0.05) is 43.2 Å². The zero-order valence-electron chi connectivity index (χ0n) is 19.9. The molecule has 37 heavy (non-hydrogen) atoms. The molecule has 3 fully saturated rings. The van der Waals surface area contributed by atoms with Gasteiger partial charge in [-0.05, 0) is 43.5 Å². The lowest BCUT2D eigenvalue weighted by atomic mass is 9.73. The first-order valence-electron chi connectivity index (χ1n) is 12.1. The highest BCUT2D eigenvalue weighted by atomic mass is 35.5. The van der Waals surface area contributed by atoms with Crippen molar-refractivity contribution in [3.05, 3.63) is 52.3 Å². The number of rotatable bonds is 3. The van der Waals surface area contributed by atoms with Crippen LogP contribution in [0.4, 0.5) is 29.5 Å². The predicted molar refractivity (Wildman–Crippen MR) is 127 cm³/mol. The van der Waals surface area contributed by atoms with Crippen molar-refractivity contribution < 1.29 is 17.6 Å². The van der Waals surface area contributed by atoms with Gasteiger partial charge in [0.05, 0.1) is 24.1 Å². The molecule has 0 atom stereocenters. The maximum atomic E-state index is 14.0. The van der Waals surface area contributed by atoms with E-state index >= 15 is 0 Å². The van der Waals surface area contributed by atoms with E-state index < -0.39 is 17.5 Å². The SMILES string of the molecule is Cc1nc(N2CC3(C2)CN(c2nnc4n2-c2ccc(Cl)cc2CN(C2(C(F)(F)F)CC2)C4)C3)ncc1F. The molecule has 8 nitrogen and oxygen atoms in total. The van der Waals surface area contributed by atoms with Gasteiger partial charge in [0.15, 0.2) is 11.6 Å². The molecule has 3 aromatic rings. The fourth-order valence-corrected chi connectivity index (χ4v) is 6.19. The van der Waals surface area contributed by atoms with Crippen molar-refractivity contribution in [3.63, 3.8) is 0 Å². The quantitative estimate of drug-likeness (QED) is 0.472. The summed E-state index contributed by atoms with van der Waals surface area (Å²) in [6.45, 7) is 4.72. The molecule has 0 radical (unpaired) electrons. The van der Waals surface area contributed by atoms with Gasteiger partial charge in [-0.3, -0.25) is 9.47 Å². The minimum absolute atomic E-state index is 0.0337. The standard InChI is InChI=1S/C24H23ClF4N8/c1-14-17(26)7-30-20(31-14)34-10-22(11-34)12-35(13-22)21-33-32-19-9-36(23(4-5-23)24(27,28)29)8-15-6-16(25)2-3-18(15)37(19)21/h2-3,6-7H,4-5,8-13H2,1H3. The van der Waals surface area contributed by atoms with E-state index in [1.165, 1.54) is 11.1 Å². The molecule has 1 aliphatic carbocycles. The molecule has 0 unspecified atom stereocenters. The second kappa shape index (κ2) is 7.53. The fourth-order valence-electron chi connectivity index (χ4n) is 5.99. The minimum Gasteiger partial charge on any atom is -0.339 e. The Bertz CT molecular complexity index is 1400. The monoisotopic (exact) mass is 534 g/mol. The summed E-state index contributed by atoms with van der Waals surface area (Å²) < 4.78 is 57.5. The Kier molecular flexibility index (Phi) is 4.71. The minimum atomic E-state index is -4.32. The Morgan fingerprint density at radius 1 is 1.00 bits per heavy atom. The molecule has 5 heterocycles. The maximum absolute atomic E-state index is 14.0. The van der Waals surface area contributed by atoms with Crippen molar-refractivity contribution in [3.8, 4) is 5.69 Å². The van der Waals surface area contributed by atoms with Gasteiger partial charge in [0.1, 0.15) is 5.54 Å². The number of halogens is 5. The van der Waals surface area contributed by atoms with Gasteiger partial charge in [-0.25, -0.2) is 14.4 Å². The van der Waals surface area contributed by atoms with Crippen LogP contribution < -0.4 is 9.80 Å². The molecular formula is C24H23ClF4N8. The van der Waals surface area contributed by atoms with E-state index in [0.29, 0.717) is 28.4 Å². The third-order valence-electron chi connectivity index (χ3n) is 8.12. The highest BCUT2D eigenvalue weighted by Gasteiger charge is 2.67. The van der Waals surface area contributed by atoms with Gasteiger partial charge in [-0.2, -0.15) is 13.2 Å². The maximum Gasteiger partial charge on any atom is 0.406 e. The zero-order chi connectivity index (χ0) is 25.7. The summed E-state index contributed by atoms with van der Waals surface area (Å²) in [6.07, 6.45) is -2.97. The molecule has 1 aromatic carbocycles. The Hall–Kier alpha value is -2.99. The Morgan fingerprint density at radius 3 is 2.41 bits per heavy atom. The topological polar surface area (TPSA) is 66.2 Å². The van der Waals surface area contributed by atoms with Crippen molar-refractivity contribution >= 4 is 23.5 Å². The number of hydrogen-bond acceptors (Lipinski definition) is 7. The predicted octanol–water partition coefficient (Wildman–Crippen LogP) is 3.90. The van der Waals surface area contributed by atoms with Crippen molar-refractivity contribution in [2.24, 2.45) is 5.41 Å². The van der Waals surface area contributed by atoms with Crippen molar-refractivity contribution in [1.29, 1.82) is 0 Å². The van der Waals surface area contributed by atoms with Gasteiger partial charge in [-0.1, -0.05) is 11.6 Å². The van der Waals surface area contributed by atoms with Gasteiger partial charge in [0.2, 0.25) is 11.9 Å². The van der Waals surface area contributed by atoms with Crippen LogP contribution in [0.2, 0.25) is 5.02 Å². The molecule has 1 spiro atoms. The van der Waals surface area contributed by atoms with Crippen LogP contribution >= 0.6 is 11.6 Å². The molecule has 194 valence electrons. The van der Waals surface area contributed by atoms with E-state index in [0.717, 1.165) is 37.4 Å². The number of fused-ring (bicyclic) bond motifs is 3. The lowest BCUT2D eigenvalue weighted by molar-refractivity contribution is -0.200. The summed E-state index contributed by atoms with van der Waals surface area (Å²) in [5, 5.41) is 9.25. The second-order valence-electron chi connectivity index (χ2n) is 10.7. The van der Waals surface area contributed by atoms with Crippen LogP contribution in [0.1, 0.15) is 29.9 Å². The molecule has 0 N–H and O–H groups in total. The number of anilines is 2. The number of hydrogen-bond donors (Lipinski definition) is 0. The summed E-state index contributed by atoms with van der Waals surface area (Å²) in [5.41, 5.74) is -0.00164. The summed E-state index contributed by atoms with van der Waals surface area (Å²) in [7, 11) is 0. The molecule has 13 heteroatoms. The van der Waals surface area contributed by atoms with Crippen LogP contribution in [0.25, 0.3) is 5.69 Å². The Morgan fingerprint density at radius 2 is 1.73 bits per heavy atom. The van der Waals surface area contributed by atoms with Crippen LogP contribution in [0.5, 0.6) is 0 Å². The molecule has 4 aliphatic rings. The van der Waals surface area contributed by atoms with Crippen molar-refractivity contribution in [2.45, 2.75) is 44.6 Å². The van der Waals surface area contributed by atoms with Crippen LogP contribution in [0, 0.1) is 18.2 Å². The highest BCUT2D eigenvalue weighted by Crippen LogP contribution is 2.55. The number of aryl methyl sites for hydroxylation is 1. The van der Waals surface area contributed by atoms with Gasteiger partial charge in [-0.15, -0.1) is 10.2 Å². The molecule has 2 saturated heterocycles. The van der Waals surface area contributed by atoms with E-state index in [1.807, 2.05) is 15.5 Å². The van der Waals surface area contributed by atoms with Crippen LogP contribution in [-0.4, -0.2) is 67.5 Å². The number of nitrogens with zero attached hydrogens (tertiary/aromatic N) is 8. The lowest BCUT2D eigenvalue weighted by Crippen LogP contribution is -2.73. The van der Waals surface area contributed by atoms with Crippen LogP contribution in [-0.2, 0) is 13.1 Å². The van der Waals surface area contributed by atoms with E-state index in [4.69, 9.17) is 11.6 Å². The first-order valence-corrected chi connectivity index (χ1v) is 12.5. The van der Waals surface area contributed by atoms with Gasteiger partial charge < -0.3 is 9.80 Å². The number of benzene rings is 1. The summed E-state index contributed by atoms with van der Waals surface area (Å²) >= 11 is 6.26. The summed E-state index contributed by atoms with van der Waals surface area (Å²) in [6, 6.07) is 5.31. The van der Waals surface area contributed by atoms with Crippen LogP contribution in [0.3, 0.4) is 0 Å². The third kappa shape index (κ3) is 3.44. The normalized spacial score (nSPS) is 21.7.